The molecule has 0 fully saturated rings. The third-order valence-electron chi connectivity index (χ3n) is 4.93. The van der Waals surface area contributed by atoms with Gasteiger partial charge in [0.1, 0.15) is 18.1 Å². The van der Waals surface area contributed by atoms with E-state index in [9.17, 15) is 18.0 Å². The highest BCUT2D eigenvalue weighted by molar-refractivity contribution is 7.80. The monoisotopic (exact) mass is 530 g/mol. The lowest BCUT2D eigenvalue weighted by molar-refractivity contribution is -0.153. The van der Waals surface area contributed by atoms with Gasteiger partial charge < -0.3 is 14.5 Å². The first-order valence-corrected chi connectivity index (χ1v) is 11.3. The number of alkyl halides is 3. The molecule has 0 aliphatic carbocycles. The van der Waals surface area contributed by atoms with Crippen LogP contribution >= 0.6 is 23.8 Å². The van der Waals surface area contributed by atoms with Crippen molar-refractivity contribution in [3.8, 4) is 17.1 Å². The van der Waals surface area contributed by atoms with E-state index in [4.69, 9.17) is 33.0 Å². The van der Waals surface area contributed by atoms with Crippen molar-refractivity contribution in [3.63, 3.8) is 0 Å². The summed E-state index contributed by atoms with van der Waals surface area (Å²) in [6.45, 7) is 0.349. The standard InChI is InChI=1S/C26H18ClF3N2O3S/c27-18-11-9-17(10-12-18)22-14-21(23(35-22)26(28,29)30)24(33)32-25(36)31-19-7-4-8-20(13-19)34-15-16-5-2-1-3-6-16/h1-14H,15H2,(H2,31,32,33,36). The molecule has 184 valence electrons. The molecule has 0 unspecified atom stereocenters. The van der Waals surface area contributed by atoms with E-state index in [0.29, 0.717) is 28.6 Å². The molecule has 0 saturated heterocycles. The first-order valence-electron chi connectivity index (χ1n) is 10.5. The zero-order chi connectivity index (χ0) is 25.7. The average Bonchev–Trinajstić information content (AvgIpc) is 3.31. The molecule has 1 heterocycles. The normalized spacial score (nSPS) is 11.1. The minimum Gasteiger partial charge on any atom is -0.489 e. The number of halogens is 4. The summed E-state index contributed by atoms with van der Waals surface area (Å²) in [6, 6.07) is 23.3. The van der Waals surface area contributed by atoms with E-state index in [1.807, 2.05) is 30.3 Å². The number of ether oxygens (including phenoxy) is 1. The summed E-state index contributed by atoms with van der Waals surface area (Å²) in [5, 5.41) is 5.26. The Hall–Kier alpha value is -3.82. The predicted octanol–water partition coefficient (Wildman–Crippen LogP) is 7.32. The van der Waals surface area contributed by atoms with E-state index < -0.39 is 23.4 Å². The van der Waals surface area contributed by atoms with Crippen molar-refractivity contribution in [2.24, 2.45) is 0 Å². The van der Waals surface area contributed by atoms with Gasteiger partial charge in [0.25, 0.3) is 5.91 Å². The Balaban J connectivity index is 1.45. The highest BCUT2D eigenvalue weighted by atomic mass is 35.5. The third-order valence-corrected chi connectivity index (χ3v) is 5.39. The van der Waals surface area contributed by atoms with Crippen LogP contribution in [0.4, 0.5) is 18.9 Å². The molecule has 4 rings (SSSR count). The Morgan fingerprint density at radius 1 is 0.972 bits per heavy atom. The number of furan rings is 1. The van der Waals surface area contributed by atoms with Crippen LogP contribution in [0.15, 0.2) is 89.3 Å². The van der Waals surface area contributed by atoms with Gasteiger partial charge in [-0.1, -0.05) is 48.0 Å². The first-order chi connectivity index (χ1) is 17.2. The van der Waals surface area contributed by atoms with Crippen molar-refractivity contribution in [3.05, 3.63) is 107 Å². The molecule has 0 saturated carbocycles. The van der Waals surface area contributed by atoms with Crippen LogP contribution in [-0.2, 0) is 12.8 Å². The fourth-order valence-corrected chi connectivity index (χ4v) is 3.60. The van der Waals surface area contributed by atoms with Gasteiger partial charge in [-0.05, 0) is 60.2 Å². The molecular weight excluding hydrogens is 513 g/mol. The van der Waals surface area contributed by atoms with Crippen molar-refractivity contribution >= 4 is 40.5 Å². The van der Waals surface area contributed by atoms with Crippen LogP contribution in [0.25, 0.3) is 11.3 Å². The number of thiocarbonyl (C=S) groups is 1. The van der Waals surface area contributed by atoms with Crippen LogP contribution in [0, 0.1) is 0 Å². The van der Waals surface area contributed by atoms with Gasteiger partial charge in [0.05, 0.1) is 5.56 Å². The topological polar surface area (TPSA) is 63.5 Å². The Bertz CT molecular complexity index is 1370. The Labute approximate surface area is 214 Å². The van der Waals surface area contributed by atoms with E-state index in [0.717, 1.165) is 11.6 Å². The van der Waals surface area contributed by atoms with Crippen LogP contribution in [0.2, 0.25) is 5.02 Å². The van der Waals surface area contributed by atoms with E-state index in [1.54, 1.807) is 24.3 Å². The lowest BCUT2D eigenvalue weighted by atomic mass is 10.1. The molecule has 5 nitrogen and oxygen atoms in total. The molecule has 0 radical (unpaired) electrons. The molecule has 0 atom stereocenters. The van der Waals surface area contributed by atoms with Gasteiger partial charge in [0.2, 0.25) is 5.76 Å². The van der Waals surface area contributed by atoms with Crippen molar-refractivity contribution in [2.75, 3.05) is 5.32 Å². The fraction of sp³-hybridized carbons (Fsp3) is 0.0769. The van der Waals surface area contributed by atoms with Gasteiger partial charge in [-0.25, -0.2) is 0 Å². The summed E-state index contributed by atoms with van der Waals surface area (Å²) in [6.07, 6.45) is -4.89. The summed E-state index contributed by atoms with van der Waals surface area (Å²) in [5.74, 6) is -2.09. The van der Waals surface area contributed by atoms with Crippen LogP contribution in [0.5, 0.6) is 5.75 Å². The molecule has 0 bridgehead atoms. The predicted molar refractivity (Wildman–Crippen MR) is 135 cm³/mol. The number of carbonyl (C=O) groups excluding carboxylic acids is 1. The number of rotatable bonds is 6. The van der Waals surface area contributed by atoms with Gasteiger partial charge in [-0.15, -0.1) is 0 Å². The largest absolute Gasteiger partial charge is 0.489 e. The van der Waals surface area contributed by atoms with Crippen LogP contribution < -0.4 is 15.4 Å². The minimum absolute atomic E-state index is 0.133. The zero-order valence-electron chi connectivity index (χ0n) is 18.4. The van der Waals surface area contributed by atoms with Crippen molar-refractivity contribution in [1.82, 2.24) is 5.32 Å². The third kappa shape index (κ3) is 6.44. The van der Waals surface area contributed by atoms with Gasteiger partial charge in [0.15, 0.2) is 5.11 Å². The molecule has 3 aromatic carbocycles. The molecule has 10 heteroatoms. The molecule has 1 amide bonds. The second-order valence-electron chi connectivity index (χ2n) is 7.57. The summed E-state index contributed by atoms with van der Waals surface area (Å²) in [4.78, 5) is 12.7. The van der Waals surface area contributed by atoms with Gasteiger partial charge >= 0.3 is 6.18 Å². The molecule has 0 aliphatic heterocycles. The maximum atomic E-state index is 13.6. The highest BCUT2D eigenvalue weighted by Gasteiger charge is 2.40. The molecule has 2 N–H and O–H groups in total. The molecule has 36 heavy (non-hydrogen) atoms. The Kier molecular flexibility index (Phi) is 7.61. The quantitative estimate of drug-likeness (QED) is 0.256. The summed E-state index contributed by atoms with van der Waals surface area (Å²) in [5.41, 5.74) is 1.10. The number of nitrogens with one attached hydrogen (secondary N) is 2. The maximum Gasteiger partial charge on any atom is 0.450 e. The molecular formula is C26H18ClF3N2O3S. The van der Waals surface area contributed by atoms with E-state index in [1.165, 1.54) is 24.3 Å². The fourth-order valence-electron chi connectivity index (χ4n) is 3.26. The van der Waals surface area contributed by atoms with Gasteiger partial charge in [-0.2, -0.15) is 13.2 Å². The van der Waals surface area contributed by atoms with E-state index >= 15 is 0 Å². The molecule has 1 aromatic heterocycles. The minimum atomic E-state index is -4.89. The zero-order valence-corrected chi connectivity index (χ0v) is 20.0. The van der Waals surface area contributed by atoms with Gasteiger partial charge in [-0.3, -0.25) is 10.1 Å². The number of hydrogen-bond acceptors (Lipinski definition) is 4. The number of benzene rings is 3. The second kappa shape index (κ2) is 10.8. The average molecular weight is 531 g/mol. The summed E-state index contributed by atoms with van der Waals surface area (Å²) < 4.78 is 51.5. The molecule has 4 aromatic rings. The second-order valence-corrected chi connectivity index (χ2v) is 8.41. The van der Waals surface area contributed by atoms with E-state index in [2.05, 4.69) is 10.6 Å². The van der Waals surface area contributed by atoms with Crippen LogP contribution in [0.1, 0.15) is 21.7 Å². The first kappa shape index (κ1) is 25.3. The molecule has 0 aliphatic rings. The van der Waals surface area contributed by atoms with Crippen LogP contribution in [-0.4, -0.2) is 11.0 Å². The summed E-state index contributed by atoms with van der Waals surface area (Å²) in [7, 11) is 0. The van der Waals surface area contributed by atoms with Crippen molar-refractivity contribution < 1.29 is 27.1 Å². The maximum absolute atomic E-state index is 13.6. The number of hydrogen-bond donors (Lipinski definition) is 2. The lowest BCUT2D eigenvalue weighted by Crippen LogP contribution is -2.34. The Morgan fingerprint density at radius 3 is 2.39 bits per heavy atom. The van der Waals surface area contributed by atoms with Gasteiger partial charge in [0, 0.05) is 22.3 Å². The molecule has 0 spiro atoms. The SMILES string of the molecule is O=C(NC(=S)Nc1cccc(OCc2ccccc2)c1)c1cc(-c2ccc(Cl)cc2)oc1C(F)(F)F. The summed E-state index contributed by atoms with van der Waals surface area (Å²) >= 11 is 11.0. The van der Waals surface area contributed by atoms with Crippen LogP contribution in [0.3, 0.4) is 0 Å². The lowest BCUT2D eigenvalue weighted by Gasteiger charge is -2.12. The Morgan fingerprint density at radius 2 is 1.69 bits per heavy atom. The van der Waals surface area contributed by atoms with Crippen molar-refractivity contribution in [2.45, 2.75) is 12.8 Å². The number of amides is 1. The smallest absolute Gasteiger partial charge is 0.450 e. The van der Waals surface area contributed by atoms with E-state index in [-0.39, 0.29) is 10.9 Å². The number of carbonyl (C=O) groups is 1. The highest BCUT2D eigenvalue weighted by Crippen LogP contribution is 2.37. The number of anilines is 1. The van der Waals surface area contributed by atoms with Crippen molar-refractivity contribution in [1.29, 1.82) is 0 Å².